The van der Waals surface area contributed by atoms with E-state index in [1.54, 1.807) is 12.1 Å². The summed E-state index contributed by atoms with van der Waals surface area (Å²) in [6, 6.07) is 12.3. The molecule has 3 rings (SSSR count). The molecule has 0 aliphatic carbocycles. The summed E-state index contributed by atoms with van der Waals surface area (Å²) in [6.45, 7) is 0. The van der Waals surface area contributed by atoms with Gasteiger partial charge in [-0.25, -0.2) is 9.78 Å². The van der Waals surface area contributed by atoms with E-state index < -0.39 is 5.97 Å². The Labute approximate surface area is 123 Å². The molecule has 1 aromatic heterocycles. The summed E-state index contributed by atoms with van der Waals surface area (Å²) in [5.74, 6) is -0.986. The first-order valence-corrected chi connectivity index (χ1v) is 6.98. The topological polar surface area (TPSA) is 66.0 Å². The van der Waals surface area contributed by atoms with Crippen LogP contribution in [0.1, 0.15) is 10.4 Å². The molecule has 0 bridgehead atoms. The fraction of sp³-hybridized carbons (Fsp3) is 0. The predicted octanol–water partition coefficient (Wildman–Crippen LogP) is 4.07. The highest BCUT2D eigenvalue weighted by Gasteiger charge is 2.13. The Morgan fingerprint density at radius 2 is 2.05 bits per heavy atom. The maximum absolute atomic E-state index is 11.2. The van der Waals surface area contributed by atoms with E-state index in [1.165, 1.54) is 17.8 Å². The first-order chi connectivity index (χ1) is 9.63. The van der Waals surface area contributed by atoms with Gasteiger partial charge in [-0.2, -0.15) is 0 Å². The monoisotopic (exact) mass is 304 g/mol. The maximum Gasteiger partial charge on any atom is 0.336 e. The second-order valence-electron chi connectivity index (χ2n) is 4.11. The third-order valence-electron chi connectivity index (χ3n) is 2.75. The third kappa shape index (κ3) is 2.50. The molecule has 6 heteroatoms. The molecule has 0 unspecified atom stereocenters. The highest BCUT2D eigenvalue weighted by atomic mass is 35.5. The largest absolute Gasteiger partial charge is 0.478 e. The van der Waals surface area contributed by atoms with Crippen molar-refractivity contribution >= 4 is 40.4 Å². The summed E-state index contributed by atoms with van der Waals surface area (Å²) in [5, 5.41) is 10.3. The smallest absolute Gasteiger partial charge is 0.336 e. The Morgan fingerprint density at radius 1 is 1.25 bits per heavy atom. The van der Waals surface area contributed by atoms with Crippen LogP contribution in [-0.4, -0.2) is 21.0 Å². The van der Waals surface area contributed by atoms with Gasteiger partial charge < -0.3 is 10.1 Å². The van der Waals surface area contributed by atoms with Gasteiger partial charge in [0.2, 0.25) is 0 Å². The summed E-state index contributed by atoms with van der Waals surface area (Å²) in [4.78, 5) is 19.3. The minimum Gasteiger partial charge on any atom is -0.478 e. The van der Waals surface area contributed by atoms with Gasteiger partial charge in [0.15, 0.2) is 5.16 Å². The van der Waals surface area contributed by atoms with Gasteiger partial charge in [-0.15, -0.1) is 0 Å². The number of aromatic carboxylic acids is 1. The van der Waals surface area contributed by atoms with E-state index in [1.807, 2.05) is 24.3 Å². The van der Waals surface area contributed by atoms with Crippen molar-refractivity contribution in [3.05, 3.63) is 53.1 Å². The molecule has 100 valence electrons. The van der Waals surface area contributed by atoms with Crippen molar-refractivity contribution in [3.8, 4) is 0 Å². The second kappa shape index (κ2) is 5.19. The van der Waals surface area contributed by atoms with Crippen molar-refractivity contribution in [1.29, 1.82) is 0 Å². The number of rotatable bonds is 3. The van der Waals surface area contributed by atoms with Crippen LogP contribution in [0.3, 0.4) is 0 Å². The van der Waals surface area contributed by atoms with Gasteiger partial charge in [-0.05, 0) is 30.3 Å². The van der Waals surface area contributed by atoms with Gasteiger partial charge in [0.25, 0.3) is 0 Å². The SMILES string of the molecule is O=C(O)c1ccc(Cl)cc1Sc1nc2ccccc2[nH]1. The molecule has 0 spiro atoms. The van der Waals surface area contributed by atoms with Crippen molar-refractivity contribution in [2.75, 3.05) is 0 Å². The molecule has 0 aliphatic rings. The molecule has 4 nitrogen and oxygen atoms in total. The number of aromatic amines is 1. The quantitative estimate of drug-likeness (QED) is 0.765. The molecule has 0 atom stereocenters. The number of fused-ring (bicyclic) bond motifs is 1. The summed E-state index contributed by atoms with van der Waals surface area (Å²) in [6.07, 6.45) is 0. The number of imidazole rings is 1. The van der Waals surface area contributed by atoms with E-state index in [2.05, 4.69) is 9.97 Å². The van der Waals surface area contributed by atoms with Gasteiger partial charge in [-0.1, -0.05) is 35.5 Å². The van der Waals surface area contributed by atoms with Crippen LogP contribution in [0.4, 0.5) is 0 Å². The molecular weight excluding hydrogens is 296 g/mol. The van der Waals surface area contributed by atoms with Crippen molar-refractivity contribution in [2.45, 2.75) is 10.1 Å². The summed E-state index contributed by atoms with van der Waals surface area (Å²) < 4.78 is 0. The Balaban J connectivity index is 2.01. The number of hydrogen-bond acceptors (Lipinski definition) is 3. The molecule has 0 amide bonds. The van der Waals surface area contributed by atoms with Crippen LogP contribution in [0.5, 0.6) is 0 Å². The lowest BCUT2D eigenvalue weighted by atomic mass is 10.2. The Kier molecular flexibility index (Phi) is 3.38. The molecule has 2 N–H and O–H groups in total. The number of nitrogens with zero attached hydrogens (tertiary/aromatic N) is 1. The standard InChI is InChI=1S/C14H9ClN2O2S/c15-8-5-6-9(13(18)19)12(7-8)20-14-16-10-3-1-2-4-11(10)17-14/h1-7H,(H,16,17)(H,18,19). The number of nitrogens with one attached hydrogen (secondary N) is 1. The van der Waals surface area contributed by atoms with Crippen LogP contribution in [0, 0.1) is 0 Å². The number of carbonyl (C=O) groups is 1. The van der Waals surface area contributed by atoms with Crippen LogP contribution >= 0.6 is 23.4 Å². The van der Waals surface area contributed by atoms with E-state index in [9.17, 15) is 9.90 Å². The van der Waals surface area contributed by atoms with Crippen LogP contribution < -0.4 is 0 Å². The maximum atomic E-state index is 11.2. The zero-order valence-electron chi connectivity index (χ0n) is 10.1. The molecule has 3 aromatic rings. The molecule has 0 fully saturated rings. The summed E-state index contributed by atoms with van der Waals surface area (Å²) in [5.41, 5.74) is 1.96. The number of H-pyrrole nitrogens is 1. The third-order valence-corrected chi connectivity index (χ3v) is 3.93. The average Bonchev–Trinajstić information content (AvgIpc) is 2.80. The number of carboxylic acid groups (broad SMARTS) is 1. The molecular formula is C14H9ClN2O2S. The van der Waals surface area contributed by atoms with Crippen molar-refractivity contribution in [3.63, 3.8) is 0 Å². The van der Waals surface area contributed by atoms with E-state index in [0.717, 1.165) is 11.0 Å². The highest BCUT2D eigenvalue weighted by molar-refractivity contribution is 7.99. The number of halogens is 1. The zero-order chi connectivity index (χ0) is 14.1. The lowest BCUT2D eigenvalue weighted by Crippen LogP contribution is -1.98. The predicted molar refractivity (Wildman–Crippen MR) is 78.6 cm³/mol. The minimum atomic E-state index is -0.986. The van der Waals surface area contributed by atoms with E-state index in [0.29, 0.717) is 15.1 Å². The first-order valence-electron chi connectivity index (χ1n) is 5.79. The lowest BCUT2D eigenvalue weighted by molar-refractivity contribution is 0.0693. The molecule has 0 saturated heterocycles. The fourth-order valence-corrected chi connectivity index (χ4v) is 3.04. The molecule has 20 heavy (non-hydrogen) atoms. The molecule has 0 saturated carbocycles. The highest BCUT2D eigenvalue weighted by Crippen LogP contribution is 2.32. The van der Waals surface area contributed by atoms with Gasteiger partial charge >= 0.3 is 5.97 Å². The van der Waals surface area contributed by atoms with Crippen LogP contribution in [0.25, 0.3) is 11.0 Å². The average molecular weight is 305 g/mol. The van der Waals surface area contributed by atoms with Crippen molar-refractivity contribution < 1.29 is 9.90 Å². The van der Waals surface area contributed by atoms with E-state index in [-0.39, 0.29) is 5.56 Å². The number of hydrogen-bond donors (Lipinski definition) is 2. The van der Waals surface area contributed by atoms with Crippen molar-refractivity contribution in [1.82, 2.24) is 9.97 Å². The number of aromatic nitrogens is 2. The lowest BCUT2D eigenvalue weighted by Gasteiger charge is -2.04. The molecule has 0 aliphatic heterocycles. The molecule has 0 radical (unpaired) electrons. The first kappa shape index (κ1) is 13.0. The van der Waals surface area contributed by atoms with Crippen molar-refractivity contribution in [2.24, 2.45) is 0 Å². The zero-order valence-corrected chi connectivity index (χ0v) is 11.7. The van der Waals surface area contributed by atoms with Gasteiger partial charge in [0.05, 0.1) is 16.6 Å². The second-order valence-corrected chi connectivity index (χ2v) is 5.57. The van der Waals surface area contributed by atoms with Crippen LogP contribution in [-0.2, 0) is 0 Å². The summed E-state index contributed by atoms with van der Waals surface area (Å²) >= 11 is 7.18. The van der Waals surface area contributed by atoms with Gasteiger partial charge in [-0.3, -0.25) is 0 Å². The van der Waals surface area contributed by atoms with Gasteiger partial charge in [0, 0.05) is 9.92 Å². The Hall–Kier alpha value is -1.98. The van der Waals surface area contributed by atoms with Crippen LogP contribution in [0.2, 0.25) is 5.02 Å². The number of carboxylic acids is 1. The fourth-order valence-electron chi connectivity index (χ4n) is 1.84. The number of para-hydroxylation sites is 2. The normalized spacial score (nSPS) is 10.8. The van der Waals surface area contributed by atoms with Gasteiger partial charge in [0.1, 0.15) is 0 Å². The van der Waals surface area contributed by atoms with E-state index >= 15 is 0 Å². The molecule has 1 heterocycles. The number of benzene rings is 2. The minimum absolute atomic E-state index is 0.208. The van der Waals surface area contributed by atoms with E-state index in [4.69, 9.17) is 11.6 Å². The van der Waals surface area contributed by atoms with Crippen LogP contribution in [0.15, 0.2) is 52.5 Å². The Bertz CT molecular complexity index is 768. The molecule has 2 aromatic carbocycles. The summed E-state index contributed by atoms with van der Waals surface area (Å²) in [7, 11) is 0. The Morgan fingerprint density at radius 3 is 2.80 bits per heavy atom.